The Bertz CT molecular complexity index is 1300. The van der Waals surface area contributed by atoms with Gasteiger partial charge in [-0.2, -0.15) is 13.2 Å². The Hall–Kier alpha value is -2.95. The van der Waals surface area contributed by atoms with Crippen LogP contribution in [-0.4, -0.2) is 27.2 Å². The lowest BCUT2D eigenvalue weighted by atomic mass is 10.2. The summed E-state index contributed by atoms with van der Waals surface area (Å²) in [7, 11) is -3.61. The number of rotatable bonds is 8. The van der Waals surface area contributed by atoms with Crippen LogP contribution in [0.4, 0.5) is 24.5 Å². The summed E-state index contributed by atoms with van der Waals surface area (Å²) in [5.74, 6) is -0.430. The molecule has 0 aliphatic rings. The fraction of sp³-hybridized carbons (Fsp3) is 0.174. The van der Waals surface area contributed by atoms with Crippen LogP contribution in [0.25, 0.3) is 0 Å². The Labute approximate surface area is 210 Å². The Morgan fingerprint density at radius 2 is 1.63 bits per heavy atom. The average Bonchev–Trinajstić information content (AvgIpc) is 2.77. The molecule has 0 atom stereocenters. The first-order chi connectivity index (χ1) is 16.3. The molecule has 0 aliphatic heterocycles. The SMILES string of the molecule is CS(=O)(=O)N(Cc1ccc(Cl)cc1)c1ccc(OCC(=O)Nc2ccc(Cl)c(C(F)(F)F)c2)cc1. The molecule has 3 aromatic rings. The number of anilines is 2. The highest BCUT2D eigenvalue weighted by Crippen LogP contribution is 2.36. The molecule has 3 rings (SSSR count). The zero-order valence-corrected chi connectivity index (χ0v) is 20.5. The van der Waals surface area contributed by atoms with Gasteiger partial charge in [0.2, 0.25) is 10.0 Å². The molecule has 1 amide bonds. The van der Waals surface area contributed by atoms with Crippen molar-refractivity contribution < 1.29 is 31.1 Å². The molecule has 3 aromatic carbocycles. The minimum Gasteiger partial charge on any atom is -0.484 e. The number of ether oxygens (including phenoxy) is 1. The third-order valence-corrected chi connectivity index (χ3v) is 6.41. The summed E-state index contributed by atoms with van der Waals surface area (Å²) in [6, 6.07) is 15.7. The molecular weight excluding hydrogens is 528 g/mol. The van der Waals surface area contributed by atoms with Crippen LogP contribution in [0, 0.1) is 0 Å². The Kier molecular flexibility index (Phi) is 8.19. The van der Waals surface area contributed by atoms with Crippen LogP contribution >= 0.6 is 23.2 Å². The van der Waals surface area contributed by atoms with Crippen LogP contribution in [0.15, 0.2) is 66.7 Å². The van der Waals surface area contributed by atoms with Crippen molar-refractivity contribution >= 4 is 50.5 Å². The van der Waals surface area contributed by atoms with Crippen LogP contribution in [0.5, 0.6) is 5.75 Å². The molecule has 186 valence electrons. The number of hydrogen-bond acceptors (Lipinski definition) is 4. The molecule has 0 saturated carbocycles. The minimum absolute atomic E-state index is 0.0830. The number of nitrogens with one attached hydrogen (secondary N) is 1. The van der Waals surface area contributed by atoms with E-state index in [1.165, 1.54) is 34.6 Å². The normalized spacial score (nSPS) is 11.7. The molecule has 6 nitrogen and oxygen atoms in total. The van der Waals surface area contributed by atoms with Gasteiger partial charge in [0.05, 0.1) is 29.1 Å². The van der Waals surface area contributed by atoms with Crippen LogP contribution in [0.1, 0.15) is 11.1 Å². The predicted molar refractivity (Wildman–Crippen MR) is 129 cm³/mol. The number of carbonyl (C=O) groups excluding carboxylic acids is 1. The summed E-state index contributed by atoms with van der Waals surface area (Å²) < 4.78 is 70.1. The smallest absolute Gasteiger partial charge is 0.417 e. The zero-order chi connectivity index (χ0) is 25.8. The summed E-state index contributed by atoms with van der Waals surface area (Å²) in [5.41, 5.74) is -0.0491. The molecule has 0 radical (unpaired) electrons. The van der Waals surface area contributed by atoms with Gasteiger partial charge in [-0.3, -0.25) is 9.10 Å². The molecule has 0 heterocycles. The second-order valence-electron chi connectivity index (χ2n) is 7.42. The van der Waals surface area contributed by atoms with Gasteiger partial charge in [0, 0.05) is 10.7 Å². The maximum Gasteiger partial charge on any atom is 0.417 e. The third kappa shape index (κ3) is 7.51. The monoisotopic (exact) mass is 546 g/mol. The van der Waals surface area contributed by atoms with Crippen LogP contribution < -0.4 is 14.4 Å². The summed E-state index contributed by atoms with van der Waals surface area (Å²) in [4.78, 5) is 12.1. The van der Waals surface area contributed by atoms with Crippen molar-refractivity contribution in [1.29, 1.82) is 0 Å². The van der Waals surface area contributed by atoms with Gasteiger partial charge < -0.3 is 10.1 Å². The van der Waals surface area contributed by atoms with E-state index in [1.807, 2.05) is 0 Å². The number of hydrogen-bond donors (Lipinski definition) is 1. The topological polar surface area (TPSA) is 75.7 Å². The number of amides is 1. The first-order valence-corrected chi connectivity index (χ1v) is 12.5. The number of nitrogens with zero attached hydrogens (tertiary/aromatic N) is 1. The molecule has 0 aromatic heterocycles. The van der Waals surface area contributed by atoms with Gasteiger partial charge in [-0.25, -0.2) is 8.42 Å². The number of sulfonamides is 1. The van der Waals surface area contributed by atoms with Gasteiger partial charge in [-0.1, -0.05) is 35.3 Å². The van der Waals surface area contributed by atoms with E-state index in [0.717, 1.165) is 24.0 Å². The number of carbonyl (C=O) groups is 1. The lowest BCUT2D eigenvalue weighted by molar-refractivity contribution is -0.137. The van der Waals surface area contributed by atoms with Crippen molar-refractivity contribution in [3.8, 4) is 5.75 Å². The molecular formula is C23H19Cl2F3N2O4S. The zero-order valence-electron chi connectivity index (χ0n) is 18.1. The van der Waals surface area contributed by atoms with E-state index in [1.54, 1.807) is 24.3 Å². The van der Waals surface area contributed by atoms with Crippen molar-refractivity contribution in [1.82, 2.24) is 0 Å². The van der Waals surface area contributed by atoms with Crippen molar-refractivity contribution in [2.75, 3.05) is 22.5 Å². The largest absolute Gasteiger partial charge is 0.484 e. The number of benzene rings is 3. The van der Waals surface area contributed by atoms with E-state index in [-0.39, 0.29) is 18.0 Å². The minimum atomic E-state index is -4.66. The molecule has 0 fully saturated rings. The highest BCUT2D eigenvalue weighted by Gasteiger charge is 2.33. The quantitative estimate of drug-likeness (QED) is 0.376. The molecule has 0 aliphatic carbocycles. The number of alkyl halides is 3. The van der Waals surface area contributed by atoms with Crippen LogP contribution in [-0.2, 0) is 27.5 Å². The summed E-state index contributed by atoms with van der Waals surface area (Å²) in [6.45, 7) is -0.399. The average molecular weight is 547 g/mol. The first-order valence-electron chi connectivity index (χ1n) is 9.94. The van der Waals surface area contributed by atoms with E-state index < -0.39 is 39.3 Å². The standard InChI is InChI=1S/C23H19Cl2F3N2O4S/c1-35(32,33)30(13-15-2-4-16(24)5-3-15)18-7-9-19(10-8-18)34-14-22(31)29-17-6-11-21(25)20(12-17)23(26,27)28/h2-12H,13-14H2,1H3,(H,29,31). The molecule has 12 heteroatoms. The van der Waals surface area contributed by atoms with Crippen molar-refractivity contribution in [3.05, 3.63) is 87.9 Å². The molecule has 0 spiro atoms. The molecule has 0 bridgehead atoms. The van der Waals surface area contributed by atoms with Gasteiger partial charge in [0.1, 0.15) is 5.75 Å². The van der Waals surface area contributed by atoms with Crippen molar-refractivity contribution in [2.24, 2.45) is 0 Å². The Morgan fingerprint density at radius 1 is 1.00 bits per heavy atom. The van der Waals surface area contributed by atoms with Crippen molar-refractivity contribution in [2.45, 2.75) is 12.7 Å². The van der Waals surface area contributed by atoms with E-state index in [2.05, 4.69) is 5.32 Å². The van der Waals surface area contributed by atoms with Crippen LogP contribution in [0.3, 0.4) is 0 Å². The van der Waals surface area contributed by atoms with Gasteiger partial charge in [0.15, 0.2) is 6.61 Å². The Balaban J connectivity index is 1.64. The molecule has 1 N–H and O–H groups in total. The van der Waals surface area contributed by atoms with Crippen LogP contribution in [0.2, 0.25) is 10.0 Å². The van der Waals surface area contributed by atoms with E-state index in [0.29, 0.717) is 10.7 Å². The molecule has 0 unspecified atom stereocenters. The molecule has 0 saturated heterocycles. The second-order valence-corrected chi connectivity index (χ2v) is 10.2. The van der Waals surface area contributed by atoms with E-state index >= 15 is 0 Å². The summed E-state index contributed by atoms with van der Waals surface area (Å²) in [6.07, 6.45) is -3.58. The van der Waals surface area contributed by atoms with E-state index in [9.17, 15) is 26.4 Å². The number of halogens is 5. The lowest BCUT2D eigenvalue weighted by Crippen LogP contribution is -2.29. The molecule has 35 heavy (non-hydrogen) atoms. The first kappa shape index (κ1) is 26.7. The van der Waals surface area contributed by atoms with Gasteiger partial charge in [-0.05, 0) is 60.2 Å². The predicted octanol–water partition coefficient (Wildman–Crippen LogP) is 6.00. The maximum atomic E-state index is 13.0. The lowest BCUT2D eigenvalue weighted by Gasteiger charge is -2.23. The third-order valence-electron chi connectivity index (χ3n) is 4.69. The Morgan fingerprint density at radius 3 is 2.20 bits per heavy atom. The van der Waals surface area contributed by atoms with Crippen molar-refractivity contribution in [3.63, 3.8) is 0 Å². The second kappa shape index (κ2) is 10.8. The fourth-order valence-corrected chi connectivity index (χ4v) is 4.27. The van der Waals surface area contributed by atoms with Gasteiger partial charge in [0.25, 0.3) is 5.91 Å². The highest BCUT2D eigenvalue weighted by atomic mass is 35.5. The highest BCUT2D eigenvalue weighted by molar-refractivity contribution is 7.92. The van der Waals surface area contributed by atoms with E-state index in [4.69, 9.17) is 27.9 Å². The maximum absolute atomic E-state index is 13.0. The summed E-state index contributed by atoms with van der Waals surface area (Å²) in [5, 5.41) is 2.36. The summed E-state index contributed by atoms with van der Waals surface area (Å²) >= 11 is 11.4. The van der Waals surface area contributed by atoms with Gasteiger partial charge >= 0.3 is 6.18 Å². The van der Waals surface area contributed by atoms with Gasteiger partial charge in [-0.15, -0.1) is 0 Å². The fourth-order valence-electron chi connectivity index (χ4n) is 3.03.